The number of nitrogens with zero attached hydrogens (tertiary/aromatic N) is 1. The van der Waals surface area contributed by atoms with Crippen molar-refractivity contribution in [1.82, 2.24) is 5.32 Å². The molecule has 1 aliphatic rings. The number of hydrogen-bond donors (Lipinski definition) is 1. The highest BCUT2D eigenvalue weighted by Gasteiger charge is 2.40. The zero-order valence-electron chi connectivity index (χ0n) is 11.4. The Hall–Kier alpha value is -1.98. The van der Waals surface area contributed by atoms with Crippen molar-refractivity contribution in [3.05, 3.63) is 29.8 Å². The zero-order valence-corrected chi connectivity index (χ0v) is 11.4. The lowest BCUT2D eigenvalue weighted by atomic mass is 9.97. The molecular formula is C14H16F2N2O2. The molecular weight excluding hydrogens is 266 g/mol. The predicted molar refractivity (Wildman–Crippen MR) is 70.2 cm³/mol. The van der Waals surface area contributed by atoms with Crippen LogP contribution in [-0.4, -0.2) is 23.9 Å². The number of hydrogen-bond acceptors (Lipinski definition) is 2. The Morgan fingerprint density at radius 2 is 2.05 bits per heavy atom. The first-order valence-electron chi connectivity index (χ1n) is 6.45. The molecule has 1 aromatic rings. The van der Waals surface area contributed by atoms with Gasteiger partial charge in [0.25, 0.3) is 5.91 Å². The van der Waals surface area contributed by atoms with Gasteiger partial charge in [0.05, 0.1) is 5.69 Å². The second-order valence-electron chi connectivity index (χ2n) is 5.04. The number of benzene rings is 1. The quantitative estimate of drug-likeness (QED) is 0.901. The van der Waals surface area contributed by atoms with Crippen LogP contribution in [0.3, 0.4) is 0 Å². The van der Waals surface area contributed by atoms with Crippen molar-refractivity contribution >= 4 is 17.5 Å². The van der Waals surface area contributed by atoms with Crippen LogP contribution in [0.4, 0.5) is 14.5 Å². The highest BCUT2D eigenvalue weighted by Crippen LogP contribution is 2.26. The summed E-state index contributed by atoms with van der Waals surface area (Å²) in [6, 6.07) is 2.93. The van der Waals surface area contributed by atoms with Crippen molar-refractivity contribution in [2.24, 2.45) is 0 Å². The average Bonchev–Trinajstić information content (AvgIpc) is 2.52. The van der Waals surface area contributed by atoms with Gasteiger partial charge in [0.15, 0.2) is 0 Å². The van der Waals surface area contributed by atoms with Crippen LogP contribution in [0.5, 0.6) is 0 Å². The first-order valence-corrected chi connectivity index (χ1v) is 6.45. The molecule has 1 unspecified atom stereocenters. The Balaban J connectivity index is 2.46. The van der Waals surface area contributed by atoms with Crippen molar-refractivity contribution in [1.29, 1.82) is 0 Å². The second-order valence-corrected chi connectivity index (χ2v) is 5.04. The van der Waals surface area contributed by atoms with Crippen molar-refractivity contribution in [3.63, 3.8) is 0 Å². The molecule has 1 heterocycles. The third kappa shape index (κ3) is 2.50. The van der Waals surface area contributed by atoms with E-state index in [2.05, 4.69) is 5.32 Å². The van der Waals surface area contributed by atoms with Gasteiger partial charge in [0.1, 0.15) is 17.2 Å². The summed E-state index contributed by atoms with van der Waals surface area (Å²) in [5.41, 5.74) is -1.24. The van der Waals surface area contributed by atoms with Crippen LogP contribution in [0, 0.1) is 11.6 Å². The van der Waals surface area contributed by atoms with Gasteiger partial charge in [0.2, 0.25) is 5.91 Å². The van der Waals surface area contributed by atoms with Crippen LogP contribution >= 0.6 is 0 Å². The molecule has 0 spiro atoms. The van der Waals surface area contributed by atoms with Gasteiger partial charge in [-0.05, 0) is 25.5 Å². The first-order chi connectivity index (χ1) is 9.37. The standard InChI is InChI=1S/C14H16F2N2O2/c1-3-14(2)13(20)18(7-6-12(19)17-14)11-8-9(15)4-5-10(11)16/h4-5,8H,3,6-7H2,1-2H3,(H,17,19). The fourth-order valence-corrected chi connectivity index (χ4v) is 2.20. The molecule has 0 aliphatic carbocycles. The maximum Gasteiger partial charge on any atom is 0.252 e. The summed E-state index contributed by atoms with van der Waals surface area (Å²) in [6.07, 6.45) is 0.419. The number of carbonyl (C=O) groups is 2. The van der Waals surface area contributed by atoms with Crippen molar-refractivity contribution in [2.75, 3.05) is 11.4 Å². The second kappa shape index (κ2) is 5.19. The smallest absolute Gasteiger partial charge is 0.252 e. The summed E-state index contributed by atoms with van der Waals surface area (Å²) in [5, 5.41) is 2.64. The van der Waals surface area contributed by atoms with Crippen LogP contribution in [0.1, 0.15) is 26.7 Å². The molecule has 6 heteroatoms. The molecule has 2 rings (SSSR count). The van der Waals surface area contributed by atoms with E-state index in [0.717, 1.165) is 23.1 Å². The number of anilines is 1. The minimum atomic E-state index is -1.10. The molecule has 0 radical (unpaired) electrons. The Bertz CT molecular complexity index is 562. The highest BCUT2D eigenvalue weighted by molar-refractivity contribution is 6.04. The number of nitrogens with one attached hydrogen (secondary N) is 1. The van der Waals surface area contributed by atoms with E-state index in [9.17, 15) is 18.4 Å². The number of halogens is 2. The van der Waals surface area contributed by atoms with E-state index in [4.69, 9.17) is 0 Å². The van der Waals surface area contributed by atoms with Gasteiger partial charge in [-0.1, -0.05) is 6.92 Å². The molecule has 1 aromatic carbocycles. The normalized spacial score (nSPS) is 23.5. The van der Waals surface area contributed by atoms with Gasteiger partial charge in [0, 0.05) is 19.0 Å². The van der Waals surface area contributed by atoms with Crippen LogP contribution in [0.25, 0.3) is 0 Å². The Labute approximate surface area is 115 Å². The average molecular weight is 282 g/mol. The molecule has 1 aliphatic heterocycles. The summed E-state index contributed by atoms with van der Waals surface area (Å²) >= 11 is 0. The lowest BCUT2D eigenvalue weighted by Gasteiger charge is -2.31. The molecule has 1 fully saturated rings. The lowest BCUT2D eigenvalue weighted by Crippen LogP contribution is -2.55. The number of rotatable bonds is 2. The Morgan fingerprint density at radius 1 is 1.35 bits per heavy atom. The third-order valence-electron chi connectivity index (χ3n) is 3.60. The van der Waals surface area contributed by atoms with E-state index >= 15 is 0 Å². The van der Waals surface area contributed by atoms with E-state index in [-0.39, 0.29) is 24.6 Å². The molecule has 0 bridgehead atoms. The Morgan fingerprint density at radius 3 is 2.70 bits per heavy atom. The van der Waals surface area contributed by atoms with E-state index in [1.165, 1.54) is 0 Å². The predicted octanol–water partition coefficient (Wildman–Crippen LogP) is 1.99. The molecule has 1 atom stereocenters. The van der Waals surface area contributed by atoms with Crippen molar-refractivity contribution in [2.45, 2.75) is 32.2 Å². The third-order valence-corrected chi connectivity index (χ3v) is 3.60. The van der Waals surface area contributed by atoms with Crippen LogP contribution < -0.4 is 10.2 Å². The largest absolute Gasteiger partial charge is 0.342 e. The summed E-state index contributed by atoms with van der Waals surface area (Å²) < 4.78 is 27.1. The minimum Gasteiger partial charge on any atom is -0.342 e. The van der Waals surface area contributed by atoms with Crippen molar-refractivity contribution < 1.29 is 18.4 Å². The molecule has 108 valence electrons. The van der Waals surface area contributed by atoms with Crippen molar-refractivity contribution in [3.8, 4) is 0 Å². The maximum absolute atomic E-state index is 13.8. The van der Waals surface area contributed by atoms with E-state index in [1.54, 1.807) is 13.8 Å². The molecule has 1 saturated heterocycles. The van der Waals surface area contributed by atoms with Crippen LogP contribution in [-0.2, 0) is 9.59 Å². The molecule has 1 N–H and O–H groups in total. The molecule has 0 aromatic heterocycles. The molecule has 20 heavy (non-hydrogen) atoms. The monoisotopic (exact) mass is 282 g/mol. The molecule has 0 saturated carbocycles. The topological polar surface area (TPSA) is 49.4 Å². The maximum atomic E-state index is 13.8. The summed E-state index contributed by atoms with van der Waals surface area (Å²) in [4.78, 5) is 25.3. The summed E-state index contributed by atoms with van der Waals surface area (Å²) in [7, 11) is 0. The van der Waals surface area contributed by atoms with Gasteiger partial charge in [-0.3, -0.25) is 9.59 Å². The molecule has 4 nitrogen and oxygen atoms in total. The Kier molecular flexibility index (Phi) is 3.74. The lowest BCUT2D eigenvalue weighted by molar-refractivity contribution is -0.129. The summed E-state index contributed by atoms with van der Waals surface area (Å²) in [6.45, 7) is 3.37. The minimum absolute atomic E-state index is 0.0284. The van der Waals surface area contributed by atoms with E-state index in [0.29, 0.717) is 6.42 Å². The molecule has 2 amide bonds. The SMILES string of the molecule is CCC1(C)NC(=O)CCN(c2cc(F)ccc2F)C1=O. The van der Waals surface area contributed by atoms with Gasteiger partial charge in [-0.15, -0.1) is 0 Å². The van der Waals surface area contributed by atoms with Gasteiger partial charge in [-0.25, -0.2) is 8.78 Å². The van der Waals surface area contributed by atoms with E-state index < -0.39 is 23.1 Å². The fraction of sp³-hybridized carbons (Fsp3) is 0.429. The van der Waals surface area contributed by atoms with Gasteiger partial charge in [-0.2, -0.15) is 0 Å². The summed E-state index contributed by atoms with van der Waals surface area (Å²) in [5.74, 6) is -2.03. The van der Waals surface area contributed by atoms with Crippen LogP contribution in [0.15, 0.2) is 18.2 Å². The zero-order chi connectivity index (χ0) is 14.9. The fourth-order valence-electron chi connectivity index (χ4n) is 2.20. The van der Waals surface area contributed by atoms with E-state index in [1.807, 2.05) is 0 Å². The van der Waals surface area contributed by atoms with Crippen LogP contribution in [0.2, 0.25) is 0 Å². The first kappa shape index (κ1) is 14.4. The van der Waals surface area contributed by atoms with Gasteiger partial charge >= 0.3 is 0 Å². The highest BCUT2D eigenvalue weighted by atomic mass is 19.1. The number of amides is 2. The number of carbonyl (C=O) groups excluding carboxylic acids is 2. The van der Waals surface area contributed by atoms with Gasteiger partial charge < -0.3 is 10.2 Å².